The Bertz CT molecular complexity index is 298. The summed E-state index contributed by atoms with van der Waals surface area (Å²) in [6, 6.07) is 0. The van der Waals surface area contributed by atoms with Crippen molar-refractivity contribution < 1.29 is 9.59 Å². The maximum absolute atomic E-state index is 12.1. The first-order valence-electron chi connectivity index (χ1n) is 6.75. The number of amides is 2. The van der Waals surface area contributed by atoms with E-state index in [9.17, 15) is 9.59 Å². The van der Waals surface area contributed by atoms with Gasteiger partial charge in [0.05, 0.1) is 6.54 Å². The Kier molecular flexibility index (Phi) is 4.02. The molecule has 2 heterocycles. The Morgan fingerprint density at radius 1 is 1.18 bits per heavy atom. The molecule has 0 aromatic heterocycles. The van der Waals surface area contributed by atoms with E-state index in [0.717, 1.165) is 51.7 Å². The molecule has 4 nitrogen and oxygen atoms in total. The maximum atomic E-state index is 12.1. The highest BCUT2D eigenvalue weighted by Crippen LogP contribution is 2.17. The van der Waals surface area contributed by atoms with Crippen LogP contribution in [0.5, 0.6) is 0 Å². The molecule has 1 unspecified atom stereocenters. The molecule has 2 aliphatic rings. The molecule has 0 spiro atoms. The highest BCUT2D eigenvalue weighted by Gasteiger charge is 2.27. The molecule has 2 saturated heterocycles. The van der Waals surface area contributed by atoms with E-state index in [0.29, 0.717) is 6.54 Å². The van der Waals surface area contributed by atoms with Crippen molar-refractivity contribution in [2.24, 2.45) is 5.92 Å². The summed E-state index contributed by atoms with van der Waals surface area (Å²) in [5, 5.41) is 0. The molecule has 0 aromatic rings. The van der Waals surface area contributed by atoms with Gasteiger partial charge in [0, 0.05) is 25.6 Å². The predicted octanol–water partition coefficient (Wildman–Crippen LogP) is 1.26. The van der Waals surface area contributed by atoms with E-state index in [4.69, 9.17) is 0 Å². The molecule has 2 aliphatic heterocycles. The van der Waals surface area contributed by atoms with E-state index in [1.807, 2.05) is 11.8 Å². The minimum absolute atomic E-state index is 0.0869. The fourth-order valence-electron chi connectivity index (χ4n) is 2.69. The highest BCUT2D eigenvalue weighted by molar-refractivity contribution is 5.86. The van der Waals surface area contributed by atoms with Crippen LogP contribution in [0.4, 0.5) is 0 Å². The van der Waals surface area contributed by atoms with Gasteiger partial charge < -0.3 is 9.80 Å². The van der Waals surface area contributed by atoms with E-state index < -0.39 is 0 Å². The van der Waals surface area contributed by atoms with Gasteiger partial charge >= 0.3 is 0 Å². The molecule has 1 atom stereocenters. The summed E-state index contributed by atoms with van der Waals surface area (Å²) < 4.78 is 0. The van der Waals surface area contributed by atoms with E-state index in [1.54, 1.807) is 4.90 Å². The quantitative estimate of drug-likeness (QED) is 0.726. The lowest BCUT2D eigenvalue weighted by atomic mass is 10.1. The number of carbonyl (C=O) groups excluding carboxylic acids is 2. The number of carbonyl (C=O) groups is 2. The van der Waals surface area contributed by atoms with Crippen LogP contribution in [0.25, 0.3) is 0 Å². The van der Waals surface area contributed by atoms with Crippen molar-refractivity contribution in [2.75, 3.05) is 26.2 Å². The summed E-state index contributed by atoms with van der Waals surface area (Å²) in [6.07, 6.45) is 5.31. The van der Waals surface area contributed by atoms with E-state index in [2.05, 4.69) is 0 Å². The van der Waals surface area contributed by atoms with Crippen LogP contribution < -0.4 is 0 Å². The van der Waals surface area contributed by atoms with Gasteiger partial charge in [-0.2, -0.15) is 0 Å². The van der Waals surface area contributed by atoms with Gasteiger partial charge in [0.1, 0.15) is 0 Å². The molecule has 17 heavy (non-hydrogen) atoms. The zero-order valence-corrected chi connectivity index (χ0v) is 10.7. The van der Waals surface area contributed by atoms with E-state index in [1.165, 1.54) is 0 Å². The van der Waals surface area contributed by atoms with Crippen LogP contribution in [0.1, 0.15) is 39.0 Å². The zero-order chi connectivity index (χ0) is 12.3. The summed E-state index contributed by atoms with van der Waals surface area (Å²) in [4.78, 5) is 27.7. The van der Waals surface area contributed by atoms with Gasteiger partial charge in [-0.15, -0.1) is 0 Å². The molecule has 0 N–H and O–H groups in total. The van der Waals surface area contributed by atoms with Gasteiger partial charge in [0.25, 0.3) is 0 Å². The van der Waals surface area contributed by atoms with Gasteiger partial charge in [-0.1, -0.05) is 13.3 Å². The third-order valence-corrected chi connectivity index (χ3v) is 3.83. The fourth-order valence-corrected chi connectivity index (χ4v) is 2.69. The second-order valence-electron chi connectivity index (χ2n) is 5.24. The van der Waals surface area contributed by atoms with Crippen molar-refractivity contribution in [3.63, 3.8) is 0 Å². The lowest BCUT2D eigenvalue weighted by Gasteiger charge is -2.25. The summed E-state index contributed by atoms with van der Waals surface area (Å²) in [7, 11) is 0. The van der Waals surface area contributed by atoms with Crippen molar-refractivity contribution in [3.8, 4) is 0 Å². The molecule has 0 aromatic carbocycles. The molecule has 0 bridgehead atoms. The first-order chi connectivity index (χ1) is 8.18. The third kappa shape index (κ3) is 2.99. The SMILES string of the molecule is CC1CCCCN(CC(=O)N2CCCC2)C1=O. The van der Waals surface area contributed by atoms with Gasteiger partial charge in [0.15, 0.2) is 0 Å². The Hall–Kier alpha value is -1.06. The van der Waals surface area contributed by atoms with Crippen molar-refractivity contribution in [3.05, 3.63) is 0 Å². The minimum atomic E-state index is 0.0869. The maximum Gasteiger partial charge on any atom is 0.242 e. The molecule has 0 radical (unpaired) electrons. The number of likely N-dealkylation sites (tertiary alicyclic amines) is 2. The van der Waals surface area contributed by atoms with Crippen LogP contribution >= 0.6 is 0 Å². The Balaban J connectivity index is 1.91. The molecular formula is C13H22N2O2. The van der Waals surface area contributed by atoms with Crippen LogP contribution in [-0.4, -0.2) is 47.8 Å². The number of rotatable bonds is 2. The highest BCUT2D eigenvalue weighted by atomic mass is 16.2. The zero-order valence-electron chi connectivity index (χ0n) is 10.7. The topological polar surface area (TPSA) is 40.6 Å². The molecule has 2 amide bonds. The number of hydrogen-bond acceptors (Lipinski definition) is 2. The van der Waals surface area contributed by atoms with Gasteiger partial charge in [0.2, 0.25) is 11.8 Å². The van der Waals surface area contributed by atoms with Gasteiger partial charge in [-0.05, 0) is 25.7 Å². The Labute approximate surface area is 103 Å². The minimum Gasteiger partial charge on any atom is -0.341 e. The van der Waals surface area contributed by atoms with E-state index >= 15 is 0 Å². The third-order valence-electron chi connectivity index (χ3n) is 3.83. The van der Waals surface area contributed by atoms with Crippen LogP contribution in [0.3, 0.4) is 0 Å². The average molecular weight is 238 g/mol. The monoisotopic (exact) mass is 238 g/mol. The average Bonchev–Trinajstić information content (AvgIpc) is 2.80. The first kappa shape index (κ1) is 12.4. The first-order valence-corrected chi connectivity index (χ1v) is 6.75. The molecule has 0 saturated carbocycles. The smallest absolute Gasteiger partial charge is 0.242 e. The molecular weight excluding hydrogens is 216 g/mol. The Morgan fingerprint density at radius 2 is 1.82 bits per heavy atom. The summed E-state index contributed by atoms with van der Waals surface area (Å²) in [5.74, 6) is 0.379. The number of hydrogen-bond donors (Lipinski definition) is 0. The standard InChI is InChI=1S/C13H22N2O2/c1-11-6-2-3-9-15(13(11)17)10-12(16)14-7-4-5-8-14/h11H,2-10H2,1H3. The van der Waals surface area contributed by atoms with Crippen molar-refractivity contribution >= 4 is 11.8 Å². The summed E-state index contributed by atoms with van der Waals surface area (Å²) >= 11 is 0. The van der Waals surface area contributed by atoms with Crippen LogP contribution in [0, 0.1) is 5.92 Å². The van der Waals surface area contributed by atoms with Crippen molar-refractivity contribution in [1.82, 2.24) is 9.80 Å². The van der Waals surface area contributed by atoms with Crippen molar-refractivity contribution in [2.45, 2.75) is 39.0 Å². The predicted molar refractivity (Wildman–Crippen MR) is 65.4 cm³/mol. The van der Waals surface area contributed by atoms with Crippen molar-refractivity contribution in [1.29, 1.82) is 0 Å². The Morgan fingerprint density at radius 3 is 2.53 bits per heavy atom. The molecule has 4 heteroatoms. The molecule has 96 valence electrons. The number of nitrogens with zero attached hydrogens (tertiary/aromatic N) is 2. The second kappa shape index (κ2) is 5.52. The lowest BCUT2D eigenvalue weighted by molar-refractivity contribution is -0.141. The fraction of sp³-hybridized carbons (Fsp3) is 0.846. The van der Waals surface area contributed by atoms with Crippen LogP contribution in [0.15, 0.2) is 0 Å². The van der Waals surface area contributed by atoms with Crippen LogP contribution in [0.2, 0.25) is 0 Å². The summed E-state index contributed by atoms with van der Waals surface area (Å²) in [6.45, 7) is 4.76. The van der Waals surface area contributed by atoms with Gasteiger partial charge in [-0.25, -0.2) is 0 Å². The summed E-state index contributed by atoms with van der Waals surface area (Å²) in [5.41, 5.74) is 0. The van der Waals surface area contributed by atoms with Crippen LogP contribution in [-0.2, 0) is 9.59 Å². The normalized spacial score (nSPS) is 26.2. The second-order valence-corrected chi connectivity index (χ2v) is 5.24. The molecule has 2 fully saturated rings. The molecule has 0 aliphatic carbocycles. The lowest BCUT2D eigenvalue weighted by Crippen LogP contribution is -2.43. The van der Waals surface area contributed by atoms with Gasteiger partial charge in [-0.3, -0.25) is 9.59 Å². The van der Waals surface area contributed by atoms with E-state index in [-0.39, 0.29) is 17.7 Å². The molecule has 2 rings (SSSR count). The largest absolute Gasteiger partial charge is 0.341 e.